The molecule has 0 radical (unpaired) electrons. The average Bonchev–Trinajstić information content (AvgIpc) is 2.94. The number of nitrogens with one attached hydrogen (secondary N) is 1. The minimum Gasteiger partial charge on any atom is -0.383 e. The Hall–Kier alpha value is -0.870. The lowest BCUT2D eigenvalue weighted by molar-refractivity contribution is 0.199. The minimum atomic E-state index is 0.719. The van der Waals surface area contributed by atoms with Gasteiger partial charge in [-0.25, -0.2) is 4.98 Å². The second-order valence-electron chi connectivity index (χ2n) is 3.65. The Bertz CT molecular complexity index is 281. The first-order valence-corrected chi connectivity index (χ1v) is 5.13. The van der Waals surface area contributed by atoms with Gasteiger partial charge < -0.3 is 14.6 Å². The number of rotatable bonds is 6. The molecular formula is C10H17N3O. The summed E-state index contributed by atoms with van der Waals surface area (Å²) < 4.78 is 7.24. The number of hydrogen-bond donors (Lipinski definition) is 1. The molecule has 1 aliphatic rings. The molecule has 4 nitrogen and oxygen atoms in total. The molecule has 0 amide bonds. The standard InChI is InChI=1S/C10H17N3O/c1-14-7-5-11-8-10-12-4-6-13(10)9-2-3-9/h4,6,9,11H,2-3,5,7-8H2,1H3. The van der Waals surface area contributed by atoms with Crippen molar-refractivity contribution in [3.05, 3.63) is 18.2 Å². The Balaban J connectivity index is 1.80. The van der Waals surface area contributed by atoms with Crippen molar-refractivity contribution in [3.8, 4) is 0 Å². The van der Waals surface area contributed by atoms with Gasteiger partial charge in [0.15, 0.2) is 0 Å². The van der Waals surface area contributed by atoms with E-state index in [1.165, 1.54) is 12.8 Å². The normalized spacial score (nSPS) is 16.1. The van der Waals surface area contributed by atoms with Gasteiger partial charge in [0, 0.05) is 32.1 Å². The highest BCUT2D eigenvalue weighted by molar-refractivity contribution is 4.98. The molecule has 1 aromatic heterocycles. The van der Waals surface area contributed by atoms with Gasteiger partial charge >= 0.3 is 0 Å². The van der Waals surface area contributed by atoms with Crippen LogP contribution in [0.1, 0.15) is 24.7 Å². The van der Waals surface area contributed by atoms with Crippen molar-refractivity contribution in [1.82, 2.24) is 14.9 Å². The topological polar surface area (TPSA) is 39.1 Å². The van der Waals surface area contributed by atoms with Crippen molar-refractivity contribution in [2.75, 3.05) is 20.3 Å². The zero-order chi connectivity index (χ0) is 9.80. The molecule has 0 aromatic carbocycles. The zero-order valence-corrected chi connectivity index (χ0v) is 8.57. The Kier molecular flexibility index (Phi) is 3.16. The van der Waals surface area contributed by atoms with Crippen LogP contribution in [0.4, 0.5) is 0 Å². The summed E-state index contributed by atoms with van der Waals surface area (Å²) >= 11 is 0. The van der Waals surface area contributed by atoms with Crippen LogP contribution in [0.25, 0.3) is 0 Å². The molecule has 2 rings (SSSR count). The average molecular weight is 195 g/mol. The third-order valence-corrected chi connectivity index (χ3v) is 2.46. The SMILES string of the molecule is COCCNCc1nccn1C1CC1. The highest BCUT2D eigenvalue weighted by atomic mass is 16.5. The minimum absolute atomic E-state index is 0.719. The first-order chi connectivity index (χ1) is 6.92. The van der Waals surface area contributed by atoms with E-state index in [1.54, 1.807) is 7.11 Å². The van der Waals surface area contributed by atoms with E-state index in [9.17, 15) is 0 Å². The summed E-state index contributed by atoms with van der Waals surface area (Å²) in [7, 11) is 1.72. The number of hydrogen-bond acceptors (Lipinski definition) is 3. The highest BCUT2D eigenvalue weighted by Crippen LogP contribution is 2.35. The molecule has 0 spiro atoms. The van der Waals surface area contributed by atoms with Crippen molar-refractivity contribution in [3.63, 3.8) is 0 Å². The van der Waals surface area contributed by atoms with Crippen LogP contribution in [0.5, 0.6) is 0 Å². The van der Waals surface area contributed by atoms with Gasteiger partial charge in [0.2, 0.25) is 0 Å². The third kappa shape index (κ3) is 2.33. The molecule has 0 aliphatic heterocycles. The van der Waals surface area contributed by atoms with E-state index < -0.39 is 0 Å². The maximum atomic E-state index is 4.96. The van der Waals surface area contributed by atoms with Gasteiger partial charge in [-0.1, -0.05) is 0 Å². The number of methoxy groups -OCH3 is 1. The van der Waals surface area contributed by atoms with E-state index in [0.717, 1.165) is 31.6 Å². The summed E-state index contributed by atoms with van der Waals surface area (Å²) in [6.45, 7) is 2.48. The van der Waals surface area contributed by atoms with Crippen LogP contribution < -0.4 is 5.32 Å². The summed E-state index contributed by atoms with van der Waals surface area (Å²) in [5.74, 6) is 1.14. The molecule has 1 fully saturated rings. The van der Waals surface area contributed by atoms with Crippen LogP contribution in [-0.4, -0.2) is 29.8 Å². The van der Waals surface area contributed by atoms with Crippen LogP contribution in [0.3, 0.4) is 0 Å². The van der Waals surface area contributed by atoms with Crippen LogP contribution in [0.15, 0.2) is 12.4 Å². The van der Waals surface area contributed by atoms with Gasteiger partial charge in [-0.05, 0) is 12.8 Å². The fraction of sp³-hybridized carbons (Fsp3) is 0.700. The van der Waals surface area contributed by atoms with Crippen molar-refractivity contribution in [2.45, 2.75) is 25.4 Å². The molecule has 1 aromatic rings. The van der Waals surface area contributed by atoms with Crippen LogP contribution in [0, 0.1) is 0 Å². The molecular weight excluding hydrogens is 178 g/mol. The number of nitrogens with zero attached hydrogens (tertiary/aromatic N) is 2. The molecule has 0 bridgehead atoms. The van der Waals surface area contributed by atoms with E-state index in [0.29, 0.717) is 0 Å². The second-order valence-corrected chi connectivity index (χ2v) is 3.65. The van der Waals surface area contributed by atoms with Gasteiger partial charge in [0.05, 0.1) is 13.2 Å². The Labute approximate surface area is 84.3 Å². The summed E-state index contributed by atoms with van der Waals surface area (Å²) in [4.78, 5) is 4.33. The molecule has 0 saturated heterocycles. The molecule has 1 saturated carbocycles. The van der Waals surface area contributed by atoms with E-state index >= 15 is 0 Å². The molecule has 14 heavy (non-hydrogen) atoms. The first-order valence-electron chi connectivity index (χ1n) is 5.13. The van der Waals surface area contributed by atoms with Crippen LogP contribution in [0.2, 0.25) is 0 Å². The van der Waals surface area contributed by atoms with Gasteiger partial charge in [0.1, 0.15) is 5.82 Å². The van der Waals surface area contributed by atoms with E-state index in [2.05, 4.69) is 21.1 Å². The lowest BCUT2D eigenvalue weighted by Crippen LogP contribution is -2.20. The summed E-state index contributed by atoms with van der Waals surface area (Å²) in [5, 5.41) is 3.30. The molecule has 1 heterocycles. The van der Waals surface area contributed by atoms with Gasteiger partial charge in [-0.3, -0.25) is 0 Å². The van der Waals surface area contributed by atoms with E-state index in [-0.39, 0.29) is 0 Å². The monoisotopic (exact) mass is 195 g/mol. The molecule has 78 valence electrons. The number of aromatic nitrogens is 2. The quantitative estimate of drug-likeness (QED) is 0.687. The van der Waals surface area contributed by atoms with Gasteiger partial charge in [0.25, 0.3) is 0 Å². The lowest BCUT2D eigenvalue weighted by Gasteiger charge is -2.06. The summed E-state index contributed by atoms with van der Waals surface area (Å²) in [6.07, 6.45) is 6.57. The largest absolute Gasteiger partial charge is 0.383 e. The Morgan fingerprint density at radius 2 is 2.50 bits per heavy atom. The van der Waals surface area contributed by atoms with Crippen LogP contribution >= 0.6 is 0 Å². The number of imidazole rings is 1. The van der Waals surface area contributed by atoms with Crippen molar-refractivity contribution >= 4 is 0 Å². The molecule has 1 N–H and O–H groups in total. The molecule has 0 atom stereocenters. The third-order valence-electron chi connectivity index (χ3n) is 2.46. The second kappa shape index (κ2) is 4.57. The molecule has 1 aliphatic carbocycles. The van der Waals surface area contributed by atoms with Gasteiger partial charge in [-0.15, -0.1) is 0 Å². The smallest absolute Gasteiger partial charge is 0.122 e. The van der Waals surface area contributed by atoms with E-state index in [1.807, 2.05) is 6.20 Å². The van der Waals surface area contributed by atoms with E-state index in [4.69, 9.17) is 4.74 Å². The maximum absolute atomic E-state index is 4.96. The lowest BCUT2D eigenvalue weighted by atomic mass is 10.5. The first kappa shape index (κ1) is 9.68. The Morgan fingerprint density at radius 3 is 3.21 bits per heavy atom. The van der Waals surface area contributed by atoms with Gasteiger partial charge in [-0.2, -0.15) is 0 Å². The zero-order valence-electron chi connectivity index (χ0n) is 8.57. The predicted octanol–water partition coefficient (Wildman–Crippen LogP) is 0.954. The van der Waals surface area contributed by atoms with Crippen molar-refractivity contribution < 1.29 is 4.74 Å². The predicted molar refractivity (Wildman–Crippen MR) is 54.1 cm³/mol. The maximum Gasteiger partial charge on any atom is 0.122 e. The molecule has 0 unspecified atom stereocenters. The highest BCUT2D eigenvalue weighted by Gasteiger charge is 2.24. The van der Waals surface area contributed by atoms with Crippen LogP contribution in [-0.2, 0) is 11.3 Å². The fourth-order valence-corrected chi connectivity index (χ4v) is 1.54. The summed E-state index contributed by atoms with van der Waals surface area (Å²) in [6, 6.07) is 0.719. The number of ether oxygens (including phenoxy) is 1. The van der Waals surface area contributed by atoms with Crippen molar-refractivity contribution in [1.29, 1.82) is 0 Å². The summed E-state index contributed by atoms with van der Waals surface area (Å²) in [5.41, 5.74) is 0. The van der Waals surface area contributed by atoms with Crippen molar-refractivity contribution in [2.24, 2.45) is 0 Å². The molecule has 4 heteroatoms. The fourth-order valence-electron chi connectivity index (χ4n) is 1.54. The Morgan fingerprint density at radius 1 is 1.64 bits per heavy atom.